The highest BCUT2D eigenvalue weighted by Crippen LogP contribution is 2.25. The van der Waals surface area contributed by atoms with Gasteiger partial charge in [0.25, 0.3) is 5.91 Å². The van der Waals surface area contributed by atoms with E-state index in [2.05, 4.69) is 30.0 Å². The first-order valence-corrected chi connectivity index (χ1v) is 11.6. The number of fused-ring (bicyclic) bond motifs is 1. The van der Waals surface area contributed by atoms with Crippen LogP contribution in [0.3, 0.4) is 0 Å². The number of hydrogen-bond donors (Lipinski definition) is 2. The van der Waals surface area contributed by atoms with E-state index in [0.29, 0.717) is 6.54 Å². The molecule has 212 valence electrons. The second-order valence-electron chi connectivity index (χ2n) is 8.04. The number of carbonyl (C=O) groups is 3. The van der Waals surface area contributed by atoms with E-state index < -0.39 is 24.3 Å². The van der Waals surface area contributed by atoms with Gasteiger partial charge in [-0.3, -0.25) is 4.79 Å². The minimum Gasteiger partial charge on any atom is -0.475 e. The maximum Gasteiger partial charge on any atom is 0.490 e. The summed E-state index contributed by atoms with van der Waals surface area (Å²) < 4.78 is 63.5. The fourth-order valence-corrected chi connectivity index (χ4v) is 3.56. The molecule has 1 aliphatic heterocycles. The van der Waals surface area contributed by atoms with Gasteiger partial charge >= 0.3 is 24.3 Å². The first-order chi connectivity index (χ1) is 17.4. The third-order valence-corrected chi connectivity index (χ3v) is 5.57. The number of nitrogens with zero attached hydrogens (tertiary/aromatic N) is 4. The monoisotopic (exact) mass is 572 g/mol. The van der Waals surface area contributed by atoms with Crippen molar-refractivity contribution in [1.29, 1.82) is 0 Å². The van der Waals surface area contributed by atoms with Crippen molar-refractivity contribution in [1.82, 2.24) is 14.8 Å². The van der Waals surface area contributed by atoms with Crippen LogP contribution < -0.4 is 4.90 Å². The lowest BCUT2D eigenvalue weighted by Gasteiger charge is -2.25. The third-order valence-electron chi connectivity index (χ3n) is 4.72. The maximum absolute atomic E-state index is 12.8. The zero-order chi connectivity index (χ0) is 29.3. The Balaban J connectivity index is 0.000000426. The molecule has 2 aromatic rings. The summed E-state index contributed by atoms with van der Waals surface area (Å²) in [5, 5.41) is 16.2. The van der Waals surface area contributed by atoms with E-state index in [1.165, 1.54) is 11.3 Å². The SMILES string of the molecule is Cc1ccc2c(n1)N(CCN(C)C)CCN(C(=O)c1cccs1)C2.O=C(O)C(F)(F)F.O=C(O)C(F)(F)F. The van der Waals surface area contributed by atoms with Crippen molar-refractivity contribution in [3.05, 3.63) is 45.8 Å². The standard InChI is InChI=1S/C18H24N4OS.2C2HF3O2/c1-14-6-7-15-13-22(18(23)16-5-4-12-24-16)11-10-21(17(15)19-14)9-8-20(2)3;2*3-2(4,5)1(6)7/h4-7,12H,8-11,13H2,1-3H3;2*(H,6,7). The van der Waals surface area contributed by atoms with Crippen LogP contribution in [0.25, 0.3) is 0 Å². The molecule has 38 heavy (non-hydrogen) atoms. The predicted molar refractivity (Wildman–Crippen MR) is 126 cm³/mol. The number of aliphatic carboxylic acids is 2. The number of thiophene rings is 1. The summed E-state index contributed by atoms with van der Waals surface area (Å²) in [6, 6.07) is 7.97. The van der Waals surface area contributed by atoms with E-state index in [1.54, 1.807) is 0 Å². The van der Waals surface area contributed by atoms with Gasteiger partial charge in [0.05, 0.1) is 4.88 Å². The number of likely N-dealkylation sites (N-methyl/N-ethyl adjacent to an activating group) is 1. The van der Waals surface area contributed by atoms with Crippen molar-refractivity contribution in [2.45, 2.75) is 25.8 Å². The highest BCUT2D eigenvalue weighted by molar-refractivity contribution is 7.12. The van der Waals surface area contributed by atoms with Crippen LogP contribution in [0.15, 0.2) is 29.6 Å². The summed E-state index contributed by atoms with van der Waals surface area (Å²) in [4.78, 5) is 42.5. The minimum atomic E-state index is -5.08. The van der Waals surface area contributed by atoms with Crippen LogP contribution in [0.4, 0.5) is 32.2 Å². The number of alkyl halides is 6. The lowest BCUT2D eigenvalue weighted by atomic mass is 10.2. The average molecular weight is 573 g/mol. The Morgan fingerprint density at radius 1 is 1.00 bits per heavy atom. The van der Waals surface area contributed by atoms with E-state index >= 15 is 0 Å². The Morgan fingerprint density at radius 3 is 2.00 bits per heavy atom. The van der Waals surface area contributed by atoms with Gasteiger partial charge in [-0.05, 0) is 38.5 Å². The largest absolute Gasteiger partial charge is 0.490 e. The Kier molecular flexibility index (Phi) is 12.0. The molecule has 0 fully saturated rings. The molecule has 3 heterocycles. The normalized spacial score (nSPS) is 13.4. The molecular weight excluding hydrogens is 546 g/mol. The summed E-state index contributed by atoms with van der Waals surface area (Å²) >= 11 is 1.50. The second-order valence-corrected chi connectivity index (χ2v) is 8.98. The molecular formula is C22H26F6N4O5S. The smallest absolute Gasteiger partial charge is 0.475 e. The fraction of sp³-hybridized carbons (Fsp3) is 0.455. The topological polar surface area (TPSA) is 114 Å². The highest BCUT2D eigenvalue weighted by atomic mass is 32.1. The van der Waals surface area contributed by atoms with Crippen LogP contribution in [0.5, 0.6) is 0 Å². The number of carbonyl (C=O) groups excluding carboxylic acids is 1. The summed E-state index contributed by atoms with van der Waals surface area (Å²) in [7, 11) is 4.16. The minimum absolute atomic E-state index is 0.117. The number of aromatic nitrogens is 1. The van der Waals surface area contributed by atoms with E-state index in [-0.39, 0.29) is 5.91 Å². The summed E-state index contributed by atoms with van der Waals surface area (Å²) in [6.45, 7) is 6.06. The molecule has 1 amide bonds. The third kappa shape index (κ3) is 10.9. The van der Waals surface area contributed by atoms with Crippen molar-refractivity contribution >= 4 is 35.0 Å². The lowest BCUT2D eigenvalue weighted by Crippen LogP contribution is -2.37. The van der Waals surface area contributed by atoms with E-state index in [1.807, 2.05) is 35.4 Å². The Bertz CT molecular complexity index is 1050. The predicted octanol–water partition coefficient (Wildman–Crippen LogP) is 3.74. The van der Waals surface area contributed by atoms with Crippen LogP contribution in [-0.4, -0.2) is 95.5 Å². The Morgan fingerprint density at radius 2 is 1.55 bits per heavy atom. The number of aryl methyl sites for hydroxylation is 1. The maximum atomic E-state index is 12.8. The number of halogens is 6. The number of hydrogen-bond acceptors (Lipinski definition) is 7. The number of anilines is 1. The second kappa shape index (κ2) is 13.9. The van der Waals surface area contributed by atoms with Gasteiger partial charge in [0.15, 0.2) is 0 Å². The molecule has 9 nitrogen and oxygen atoms in total. The lowest BCUT2D eigenvalue weighted by molar-refractivity contribution is -0.193. The van der Waals surface area contributed by atoms with Crippen LogP contribution in [0.1, 0.15) is 20.9 Å². The average Bonchev–Trinajstić information content (AvgIpc) is 3.27. The van der Waals surface area contributed by atoms with Crippen molar-refractivity contribution in [3.63, 3.8) is 0 Å². The van der Waals surface area contributed by atoms with E-state index in [0.717, 1.165) is 48.1 Å². The Labute approximate surface area is 217 Å². The van der Waals surface area contributed by atoms with Crippen LogP contribution >= 0.6 is 11.3 Å². The molecule has 0 saturated carbocycles. The molecule has 0 aromatic carbocycles. The molecule has 3 rings (SSSR count). The molecule has 0 radical (unpaired) electrons. The van der Waals surface area contributed by atoms with Crippen molar-refractivity contribution in [2.24, 2.45) is 0 Å². The van der Waals surface area contributed by atoms with Gasteiger partial charge in [-0.15, -0.1) is 11.3 Å². The molecule has 0 aliphatic carbocycles. The number of amides is 1. The van der Waals surface area contributed by atoms with Gasteiger partial charge < -0.3 is 24.9 Å². The molecule has 0 saturated heterocycles. The van der Waals surface area contributed by atoms with Gasteiger partial charge in [-0.25, -0.2) is 14.6 Å². The van der Waals surface area contributed by atoms with Gasteiger partial charge in [-0.2, -0.15) is 26.3 Å². The fourth-order valence-electron chi connectivity index (χ4n) is 2.87. The Hall–Kier alpha value is -3.40. The molecule has 0 unspecified atom stereocenters. The first kappa shape index (κ1) is 32.6. The van der Waals surface area contributed by atoms with E-state index in [9.17, 15) is 31.1 Å². The van der Waals surface area contributed by atoms with Crippen molar-refractivity contribution in [3.8, 4) is 0 Å². The molecule has 0 bridgehead atoms. The van der Waals surface area contributed by atoms with Crippen LogP contribution in [0.2, 0.25) is 0 Å². The first-order valence-electron chi connectivity index (χ1n) is 10.7. The zero-order valence-corrected chi connectivity index (χ0v) is 21.3. The summed E-state index contributed by atoms with van der Waals surface area (Å²) in [6.07, 6.45) is -10.2. The van der Waals surface area contributed by atoms with Crippen molar-refractivity contribution < 1.29 is 50.9 Å². The van der Waals surface area contributed by atoms with E-state index in [4.69, 9.17) is 24.8 Å². The quantitative estimate of drug-likeness (QED) is 0.533. The zero-order valence-electron chi connectivity index (χ0n) is 20.5. The number of carboxylic acid groups (broad SMARTS) is 2. The van der Waals surface area contributed by atoms with Gasteiger partial charge in [0, 0.05) is 44.0 Å². The molecule has 2 aromatic heterocycles. The van der Waals surface area contributed by atoms with Crippen molar-refractivity contribution in [2.75, 3.05) is 45.2 Å². The summed E-state index contributed by atoms with van der Waals surface area (Å²) in [5.74, 6) is -4.37. The summed E-state index contributed by atoms with van der Waals surface area (Å²) in [5.41, 5.74) is 2.14. The molecule has 0 spiro atoms. The van der Waals surface area contributed by atoms with Crippen LogP contribution in [0, 0.1) is 6.92 Å². The molecule has 16 heteroatoms. The van der Waals surface area contributed by atoms with Crippen LogP contribution in [-0.2, 0) is 16.1 Å². The molecule has 1 aliphatic rings. The number of pyridine rings is 1. The van der Waals surface area contributed by atoms with Gasteiger partial charge in [-0.1, -0.05) is 12.1 Å². The number of carboxylic acids is 2. The van der Waals surface area contributed by atoms with Gasteiger partial charge in [0.1, 0.15) is 5.82 Å². The molecule has 2 N–H and O–H groups in total. The number of rotatable bonds is 4. The highest BCUT2D eigenvalue weighted by Gasteiger charge is 2.38. The van der Waals surface area contributed by atoms with Gasteiger partial charge in [0.2, 0.25) is 0 Å². The molecule has 0 atom stereocenters.